The summed E-state index contributed by atoms with van der Waals surface area (Å²) in [5.74, 6) is 1.25. The van der Waals surface area contributed by atoms with Crippen LogP contribution in [0, 0.1) is 6.92 Å². The molecule has 0 unspecified atom stereocenters. The summed E-state index contributed by atoms with van der Waals surface area (Å²) in [6.07, 6.45) is 6.77. The van der Waals surface area contributed by atoms with Crippen LogP contribution in [0.25, 0.3) is 22.0 Å². The van der Waals surface area contributed by atoms with Crippen LogP contribution in [0.1, 0.15) is 50.5 Å². The summed E-state index contributed by atoms with van der Waals surface area (Å²) in [6.45, 7) is 6.51. The van der Waals surface area contributed by atoms with Gasteiger partial charge in [-0.05, 0) is 74.3 Å². The minimum Gasteiger partial charge on any atom is -0.434 e. The lowest BCUT2D eigenvalue weighted by molar-refractivity contribution is -0.0505. The minimum atomic E-state index is -2.94. The average molecular weight is 670 g/mol. The number of hydrogen-bond donors (Lipinski definition) is 2. The first-order valence-corrected chi connectivity index (χ1v) is 14.5. The van der Waals surface area contributed by atoms with Gasteiger partial charge in [0.25, 0.3) is 5.56 Å². The fourth-order valence-corrected chi connectivity index (χ4v) is 4.61. The minimum absolute atomic E-state index is 0.0782. The molecule has 0 saturated carbocycles. The van der Waals surface area contributed by atoms with E-state index in [1.807, 2.05) is 46.8 Å². The Bertz CT molecular complexity index is 1810. The molecular weight excluding hydrogens is 634 g/mol. The largest absolute Gasteiger partial charge is 0.434 e. The SMILES string of the molecule is CC(C)(N)c1ncc(Br)cn1.Cc1ccc(OC(F)F)c(Cn2c3cc(-c4cnc(C(C)(C)N)nc4)ccc3c(=O)n2C)c1. The van der Waals surface area contributed by atoms with Crippen LogP contribution < -0.4 is 21.8 Å². The maximum absolute atomic E-state index is 12.9. The Morgan fingerprint density at radius 2 is 1.45 bits per heavy atom. The highest BCUT2D eigenvalue weighted by atomic mass is 79.9. The van der Waals surface area contributed by atoms with Gasteiger partial charge in [0.05, 0.1) is 33.0 Å². The third-order valence-electron chi connectivity index (χ3n) is 6.67. The van der Waals surface area contributed by atoms with Gasteiger partial charge in [-0.15, -0.1) is 0 Å². The maximum atomic E-state index is 12.9. The van der Waals surface area contributed by atoms with Gasteiger partial charge in [0.15, 0.2) is 0 Å². The maximum Gasteiger partial charge on any atom is 0.387 e. The molecule has 232 valence electrons. The number of benzene rings is 2. The molecule has 13 heteroatoms. The second kappa shape index (κ2) is 12.9. The van der Waals surface area contributed by atoms with Gasteiger partial charge >= 0.3 is 6.61 Å². The number of rotatable bonds is 7. The number of halogens is 3. The van der Waals surface area contributed by atoms with E-state index in [1.54, 1.807) is 54.7 Å². The van der Waals surface area contributed by atoms with Crippen molar-refractivity contribution in [2.75, 3.05) is 0 Å². The van der Waals surface area contributed by atoms with Gasteiger partial charge in [0.1, 0.15) is 17.4 Å². The van der Waals surface area contributed by atoms with Crippen LogP contribution in [0.5, 0.6) is 5.75 Å². The van der Waals surface area contributed by atoms with Crippen molar-refractivity contribution in [3.8, 4) is 16.9 Å². The smallest absolute Gasteiger partial charge is 0.387 e. The fraction of sp³-hybridized carbons (Fsp3) is 0.323. The highest BCUT2D eigenvalue weighted by Crippen LogP contribution is 2.27. The molecule has 5 aromatic rings. The molecule has 2 aromatic carbocycles. The van der Waals surface area contributed by atoms with E-state index in [2.05, 4.69) is 35.9 Å². The second-order valence-corrected chi connectivity index (χ2v) is 12.5. The summed E-state index contributed by atoms with van der Waals surface area (Å²) in [5, 5.41) is 0.519. The zero-order valence-electron chi connectivity index (χ0n) is 25.3. The standard InChI is InChI=1S/C24H25F2N5O2.C7H10BrN3/c1-14-5-8-20(33-23(25)26)16(9-14)13-31-19-10-15(6-7-18(19)21(32)30(31)4)17-11-28-22(29-12-17)24(2,3)27;1-7(2,9)6-10-3-5(8)4-11-6/h5-12,23H,13,27H2,1-4H3;3-4H,9H2,1-2H3. The van der Waals surface area contributed by atoms with E-state index in [9.17, 15) is 13.6 Å². The van der Waals surface area contributed by atoms with Crippen molar-refractivity contribution in [2.45, 2.75) is 58.9 Å². The zero-order valence-corrected chi connectivity index (χ0v) is 26.9. The van der Waals surface area contributed by atoms with E-state index in [0.29, 0.717) is 28.1 Å². The first kappa shape index (κ1) is 32.8. The molecule has 0 radical (unpaired) electrons. The van der Waals surface area contributed by atoms with E-state index >= 15 is 0 Å². The highest BCUT2D eigenvalue weighted by Gasteiger charge is 2.19. The molecule has 0 atom stereocenters. The number of nitrogens with zero attached hydrogens (tertiary/aromatic N) is 6. The molecule has 0 spiro atoms. The third kappa shape index (κ3) is 7.71. The van der Waals surface area contributed by atoms with Crippen LogP contribution in [0.2, 0.25) is 0 Å². The fourth-order valence-electron chi connectivity index (χ4n) is 4.40. The summed E-state index contributed by atoms with van der Waals surface area (Å²) in [4.78, 5) is 29.7. The quantitative estimate of drug-likeness (QED) is 0.236. The van der Waals surface area contributed by atoms with Crippen molar-refractivity contribution in [1.29, 1.82) is 0 Å². The van der Waals surface area contributed by atoms with Crippen molar-refractivity contribution in [3.05, 3.63) is 98.8 Å². The van der Waals surface area contributed by atoms with Gasteiger partial charge in [-0.2, -0.15) is 8.78 Å². The van der Waals surface area contributed by atoms with Crippen LogP contribution >= 0.6 is 15.9 Å². The number of nitrogens with two attached hydrogens (primary N) is 2. The van der Waals surface area contributed by atoms with E-state index in [1.165, 1.54) is 10.7 Å². The monoisotopic (exact) mass is 668 g/mol. The lowest BCUT2D eigenvalue weighted by Crippen LogP contribution is -2.31. The van der Waals surface area contributed by atoms with Gasteiger partial charge in [0, 0.05) is 43.0 Å². The number of alkyl halides is 2. The highest BCUT2D eigenvalue weighted by molar-refractivity contribution is 9.10. The molecule has 10 nitrogen and oxygen atoms in total. The molecular formula is C31H35BrF2N8O2. The molecule has 5 rings (SSSR count). The second-order valence-electron chi connectivity index (χ2n) is 11.6. The molecule has 44 heavy (non-hydrogen) atoms. The van der Waals surface area contributed by atoms with Crippen molar-refractivity contribution >= 4 is 26.8 Å². The first-order valence-electron chi connectivity index (χ1n) is 13.7. The number of aryl methyl sites for hydroxylation is 1. The first-order chi connectivity index (χ1) is 20.5. The lowest BCUT2D eigenvalue weighted by atomic mass is 10.0. The van der Waals surface area contributed by atoms with Gasteiger partial charge in [-0.3, -0.25) is 14.2 Å². The molecule has 0 aliphatic heterocycles. The molecule has 3 heterocycles. The molecule has 0 aliphatic rings. The Morgan fingerprint density at radius 3 is 2.00 bits per heavy atom. The Morgan fingerprint density at radius 1 is 0.886 bits per heavy atom. The van der Waals surface area contributed by atoms with Crippen LogP contribution in [0.3, 0.4) is 0 Å². The zero-order chi connectivity index (χ0) is 32.4. The van der Waals surface area contributed by atoms with E-state index in [0.717, 1.165) is 21.2 Å². The summed E-state index contributed by atoms with van der Waals surface area (Å²) < 4.78 is 34.6. The molecule has 0 aliphatic carbocycles. The summed E-state index contributed by atoms with van der Waals surface area (Å²) in [5.41, 5.74) is 14.2. The Balaban J connectivity index is 0.000000339. The van der Waals surface area contributed by atoms with Crippen molar-refractivity contribution < 1.29 is 13.5 Å². The van der Waals surface area contributed by atoms with Crippen LogP contribution in [0.4, 0.5) is 8.78 Å². The van der Waals surface area contributed by atoms with E-state index in [-0.39, 0.29) is 17.9 Å². The van der Waals surface area contributed by atoms with Gasteiger partial charge < -0.3 is 16.2 Å². The van der Waals surface area contributed by atoms with E-state index < -0.39 is 17.7 Å². The van der Waals surface area contributed by atoms with Crippen LogP contribution in [0.15, 0.2) is 70.5 Å². The molecule has 0 fully saturated rings. The summed E-state index contributed by atoms with van der Waals surface area (Å²) >= 11 is 3.25. The molecule has 0 amide bonds. The number of ether oxygens (including phenoxy) is 1. The van der Waals surface area contributed by atoms with Gasteiger partial charge in [0.2, 0.25) is 0 Å². The number of aromatic nitrogens is 6. The topological polar surface area (TPSA) is 140 Å². The molecule has 3 aromatic heterocycles. The van der Waals surface area contributed by atoms with Crippen molar-refractivity contribution in [1.82, 2.24) is 29.3 Å². The predicted molar refractivity (Wildman–Crippen MR) is 169 cm³/mol. The number of hydrogen-bond acceptors (Lipinski definition) is 8. The Labute approximate surface area is 262 Å². The number of fused-ring (bicyclic) bond motifs is 1. The Kier molecular flexibility index (Phi) is 9.62. The van der Waals surface area contributed by atoms with Crippen molar-refractivity contribution in [3.63, 3.8) is 0 Å². The predicted octanol–water partition coefficient (Wildman–Crippen LogP) is 5.38. The normalized spacial score (nSPS) is 11.9. The third-order valence-corrected chi connectivity index (χ3v) is 7.08. The van der Waals surface area contributed by atoms with Crippen LogP contribution in [-0.4, -0.2) is 35.9 Å². The molecule has 4 N–H and O–H groups in total. The average Bonchev–Trinajstić information content (AvgIpc) is 3.18. The Hall–Kier alpha value is -4.07. The van der Waals surface area contributed by atoms with Gasteiger partial charge in [-0.1, -0.05) is 23.8 Å². The van der Waals surface area contributed by atoms with Crippen molar-refractivity contribution in [2.24, 2.45) is 18.5 Å². The van der Waals surface area contributed by atoms with E-state index in [4.69, 9.17) is 16.2 Å². The van der Waals surface area contributed by atoms with Crippen LogP contribution in [-0.2, 0) is 24.7 Å². The molecule has 0 saturated heterocycles. The summed E-state index contributed by atoms with van der Waals surface area (Å²) in [6, 6.07) is 10.4. The van der Waals surface area contributed by atoms with Gasteiger partial charge in [-0.25, -0.2) is 19.9 Å². The lowest BCUT2D eigenvalue weighted by Gasteiger charge is -2.16. The summed E-state index contributed by atoms with van der Waals surface area (Å²) in [7, 11) is 1.65. The molecule has 0 bridgehead atoms.